The minimum atomic E-state index is -0.700. The lowest BCUT2D eigenvalue weighted by Crippen LogP contribution is -2.21. The van der Waals surface area contributed by atoms with Gasteiger partial charge in [0, 0.05) is 11.0 Å². The Hall–Kier alpha value is -1.51. The van der Waals surface area contributed by atoms with Gasteiger partial charge >= 0.3 is 5.97 Å². The molecular weight excluding hydrogens is 216 g/mol. The molecule has 0 atom stereocenters. The Morgan fingerprint density at radius 3 is 2.65 bits per heavy atom. The van der Waals surface area contributed by atoms with Crippen LogP contribution in [0.3, 0.4) is 0 Å². The normalized spacial score (nSPS) is 22.7. The molecule has 1 N–H and O–H groups in total. The maximum absolute atomic E-state index is 11.3. The highest BCUT2D eigenvalue weighted by atomic mass is 16.5. The summed E-state index contributed by atoms with van der Waals surface area (Å²) in [5.41, 5.74) is 1.44. The van der Waals surface area contributed by atoms with Crippen LogP contribution in [0.1, 0.15) is 37.8 Å². The summed E-state index contributed by atoms with van der Waals surface area (Å²) in [6.07, 6.45) is 1.50. The SMILES string of the molecule is CC1(C)COc2ccc(C3(C(=O)O)CC3)cc21. The minimum absolute atomic E-state index is 0.0140. The summed E-state index contributed by atoms with van der Waals surface area (Å²) in [7, 11) is 0. The molecule has 0 radical (unpaired) electrons. The Balaban J connectivity index is 2.08. The van der Waals surface area contributed by atoms with Crippen LogP contribution in [0.4, 0.5) is 0 Å². The Morgan fingerprint density at radius 1 is 1.35 bits per heavy atom. The first-order chi connectivity index (χ1) is 7.96. The number of rotatable bonds is 2. The third-order valence-corrected chi connectivity index (χ3v) is 4.01. The summed E-state index contributed by atoms with van der Waals surface area (Å²) in [5.74, 6) is 0.203. The molecule has 3 nitrogen and oxygen atoms in total. The molecule has 90 valence electrons. The maximum Gasteiger partial charge on any atom is 0.314 e. The molecule has 0 unspecified atom stereocenters. The van der Waals surface area contributed by atoms with Gasteiger partial charge in [-0.3, -0.25) is 4.79 Å². The van der Waals surface area contributed by atoms with Gasteiger partial charge in [-0.15, -0.1) is 0 Å². The van der Waals surface area contributed by atoms with E-state index in [1.165, 1.54) is 0 Å². The molecule has 2 aliphatic rings. The van der Waals surface area contributed by atoms with Crippen molar-refractivity contribution in [2.45, 2.75) is 37.5 Å². The largest absolute Gasteiger partial charge is 0.492 e. The van der Waals surface area contributed by atoms with E-state index in [0.29, 0.717) is 6.61 Å². The zero-order chi connectivity index (χ0) is 12.3. The van der Waals surface area contributed by atoms with E-state index in [0.717, 1.165) is 29.7 Å². The van der Waals surface area contributed by atoms with Gasteiger partial charge in [0.05, 0.1) is 12.0 Å². The van der Waals surface area contributed by atoms with Crippen LogP contribution in [0.25, 0.3) is 0 Å². The molecule has 1 aromatic rings. The molecule has 0 bridgehead atoms. The van der Waals surface area contributed by atoms with E-state index in [1.54, 1.807) is 0 Å². The zero-order valence-electron chi connectivity index (χ0n) is 10.1. The van der Waals surface area contributed by atoms with Crippen molar-refractivity contribution in [2.24, 2.45) is 0 Å². The first-order valence-electron chi connectivity index (χ1n) is 5.97. The summed E-state index contributed by atoms with van der Waals surface area (Å²) in [5, 5.41) is 9.30. The molecule has 0 spiro atoms. The van der Waals surface area contributed by atoms with Gasteiger partial charge in [-0.25, -0.2) is 0 Å². The molecular formula is C14H16O3. The lowest BCUT2D eigenvalue weighted by atomic mass is 9.84. The summed E-state index contributed by atoms with van der Waals surface area (Å²) < 4.78 is 5.61. The highest BCUT2D eigenvalue weighted by Gasteiger charge is 2.52. The summed E-state index contributed by atoms with van der Waals surface area (Å²) >= 11 is 0. The molecule has 0 amide bonds. The fraction of sp³-hybridized carbons (Fsp3) is 0.500. The van der Waals surface area contributed by atoms with Crippen molar-refractivity contribution in [3.05, 3.63) is 29.3 Å². The van der Waals surface area contributed by atoms with Gasteiger partial charge < -0.3 is 9.84 Å². The Bertz CT molecular complexity index is 498. The number of benzene rings is 1. The molecule has 1 saturated carbocycles. The first-order valence-corrected chi connectivity index (χ1v) is 5.97. The highest BCUT2D eigenvalue weighted by Crippen LogP contribution is 2.50. The molecule has 1 aliphatic carbocycles. The van der Waals surface area contributed by atoms with Crippen molar-refractivity contribution in [3.63, 3.8) is 0 Å². The summed E-state index contributed by atoms with van der Waals surface area (Å²) in [6.45, 7) is 4.93. The van der Waals surface area contributed by atoms with Gasteiger partial charge in [0.15, 0.2) is 0 Å². The first kappa shape index (κ1) is 10.6. The van der Waals surface area contributed by atoms with E-state index in [1.807, 2.05) is 18.2 Å². The Morgan fingerprint density at radius 2 is 2.06 bits per heavy atom. The predicted molar refractivity (Wildman–Crippen MR) is 63.5 cm³/mol. The van der Waals surface area contributed by atoms with Crippen molar-refractivity contribution in [1.29, 1.82) is 0 Å². The van der Waals surface area contributed by atoms with Crippen LogP contribution in [0.15, 0.2) is 18.2 Å². The number of ether oxygens (including phenoxy) is 1. The van der Waals surface area contributed by atoms with Crippen molar-refractivity contribution in [3.8, 4) is 5.75 Å². The lowest BCUT2D eigenvalue weighted by molar-refractivity contribution is -0.140. The molecule has 1 heterocycles. The van der Waals surface area contributed by atoms with Gasteiger partial charge in [-0.2, -0.15) is 0 Å². The van der Waals surface area contributed by atoms with E-state index < -0.39 is 11.4 Å². The van der Waals surface area contributed by atoms with Crippen LogP contribution in [0.5, 0.6) is 5.75 Å². The van der Waals surface area contributed by atoms with Crippen molar-refractivity contribution in [1.82, 2.24) is 0 Å². The summed E-state index contributed by atoms with van der Waals surface area (Å²) in [6, 6.07) is 5.85. The topological polar surface area (TPSA) is 46.5 Å². The molecule has 3 rings (SSSR count). The fourth-order valence-corrected chi connectivity index (χ4v) is 2.57. The van der Waals surface area contributed by atoms with Crippen LogP contribution in [-0.4, -0.2) is 17.7 Å². The van der Waals surface area contributed by atoms with Crippen LogP contribution in [0.2, 0.25) is 0 Å². The van der Waals surface area contributed by atoms with Crippen LogP contribution < -0.4 is 4.74 Å². The standard InChI is InChI=1S/C14H16O3/c1-13(2)8-17-11-4-3-9(7-10(11)13)14(5-6-14)12(15)16/h3-4,7H,5-6,8H2,1-2H3,(H,15,16). The van der Waals surface area contributed by atoms with Gasteiger partial charge in [0.2, 0.25) is 0 Å². The maximum atomic E-state index is 11.3. The number of hydrogen-bond acceptors (Lipinski definition) is 2. The quantitative estimate of drug-likeness (QED) is 0.852. The number of carboxylic acid groups (broad SMARTS) is 1. The van der Waals surface area contributed by atoms with Gasteiger partial charge in [-0.1, -0.05) is 26.0 Å². The van der Waals surface area contributed by atoms with Crippen molar-refractivity contribution < 1.29 is 14.6 Å². The second kappa shape index (κ2) is 3.03. The minimum Gasteiger partial charge on any atom is -0.492 e. The average Bonchev–Trinajstić information content (AvgIpc) is 3.02. The molecule has 0 saturated heterocycles. The van der Waals surface area contributed by atoms with Gasteiger partial charge in [0.1, 0.15) is 5.75 Å². The average molecular weight is 232 g/mol. The number of carbonyl (C=O) groups is 1. The smallest absolute Gasteiger partial charge is 0.314 e. The lowest BCUT2D eigenvalue weighted by Gasteiger charge is -2.17. The Kier molecular flexibility index (Phi) is 1.90. The van der Waals surface area contributed by atoms with Crippen LogP contribution in [-0.2, 0) is 15.6 Å². The van der Waals surface area contributed by atoms with Crippen molar-refractivity contribution >= 4 is 5.97 Å². The Labute approximate surface area is 100 Å². The van der Waals surface area contributed by atoms with Gasteiger partial charge in [0.25, 0.3) is 0 Å². The number of hydrogen-bond donors (Lipinski definition) is 1. The molecule has 0 aromatic heterocycles. The van der Waals surface area contributed by atoms with Crippen LogP contribution in [0, 0.1) is 0 Å². The number of aliphatic carboxylic acids is 1. The highest BCUT2D eigenvalue weighted by molar-refractivity contribution is 5.85. The second-order valence-electron chi connectivity index (χ2n) is 5.77. The zero-order valence-corrected chi connectivity index (χ0v) is 10.1. The predicted octanol–water partition coefficient (Wildman–Crippen LogP) is 2.47. The van der Waals surface area contributed by atoms with E-state index in [4.69, 9.17) is 4.74 Å². The monoisotopic (exact) mass is 232 g/mol. The fourth-order valence-electron chi connectivity index (χ4n) is 2.57. The van der Waals surface area contributed by atoms with Crippen LogP contribution >= 0.6 is 0 Å². The van der Waals surface area contributed by atoms with E-state index >= 15 is 0 Å². The van der Waals surface area contributed by atoms with E-state index in [9.17, 15) is 9.90 Å². The molecule has 3 heteroatoms. The second-order valence-corrected chi connectivity index (χ2v) is 5.77. The van der Waals surface area contributed by atoms with Gasteiger partial charge in [-0.05, 0) is 24.5 Å². The molecule has 1 aliphatic heterocycles. The summed E-state index contributed by atoms with van der Waals surface area (Å²) in [4.78, 5) is 11.3. The number of carboxylic acids is 1. The van der Waals surface area contributed by atoms with E-state index in [2.05, 4.69) is 13.8 Å². The third-order valence-electron chi connectivity index (χ3n) is 4.01. The van der Waals surface area contributed by atoms with Crippen molar-refractivity contribution in [2.75, 3.05) is 6.61 Å². The molecule has 1 aromatic carbocycles. The molecule has 17 heavy (non-hydrogen) atoms. The van der Waals surface area contributed by atoms with E-state index in [-0.39, 0.29) is 5.41 Å². The molecule has 1 fully saturated rings. The third kappa shape index (κ3) is 1.38. The number of fused-ring (bicyclic) bond motifs is 1.